The molecule has 0 radical (unpaired) electrons. The molecule has 112 valence electrons. The molecule has 2 rings (SSSR count). The molecule has 0 aromatic heterocycles. The molecule has 1 unspecified atom stereocenters. The van der Waals surface area contributed by atoms with E-state index in [1.807, 2.05) is 6.07 Å². The molecule has 1 aromatic rings. The van der Waals surface area contributed by atoms with Gasteiger partial charge in [-0.05, 0) is 43.0 Å². The quantitative estimate of drug-likeness (QED) is 0.836. The summed E-state index contributed by atoms with van der Waals surface area (Å²) in [5.41, 5.74) is 1.26. The van der Waals surface area contributed by atoms with Gasteiger partial charge in [-0.3, -0.25) is 0 Å². The van der Waals surface area contributed by atoms with Crippen molar-refractivity contribution in [2.45, 2.75) is 39.7 Å². The third kappa shape index (κ3) is 3.89. The number of nitrogens with one attached hydrogen (secondary N) is 1. The number of hydrogen-bond donors (Lipinski definition) is 1. The van der Waals surface area contributed by atoms with Crippen molar-refractivity contribution < 1.29 is 9.47 Å². The number of benzene rings is 1. The zero-order chi connectivity index (χ0) is 14.5. The molecule has 0 spiro atoms. The lowest BCUT2D eigenvalue weighted by Crippen LogP contribution is -2.24. The van der Waals surface area contributed by atoms with Crippen LogP contribution >= 0.6 is 15.9 Å². The molecule has 3 nitrogen and oxygen atoms in total. The predicted octanol–water partition coefficient (Wildman–Crippen LogP) is 4.31. The van der Waals surface area contributed by atoms with Crippen molar-refractivity contribution in [3.8, 4) is 11.5 Å². The van der Waals surface area contributed by atoms with E-state index in [2.05, 4.69) is 48.1 Å². The number of hydrogen-bond acceptors (Lipinski definition) is 3. The van der Waals surface area contributed by atoms with Crippen LogP contribution in [-0.4, -0.2) is 19.8 Å². The summed E-state index contributed by atoms with van der Waals surface area (Å²) in [5, 5.41) is 3.64. The van der Waals surface area contributed by atoms with Crippen LogP contribution in [0.4, 0.5) is 0 Å². The molecule has 0 saturated carbocycles. The van der Waals surface area contributed by atoms with Crippen LogP contribution in [0.1, 0.15) is 45.2 Å². The third-order valence-corrected chi connectivity index (χ3v) is 4.07. The highest BCUT2D eigenvalue weighted by molar-refractivity contribution is 9.10. The summed E-state index contributed by atoms with van der Waals surface area (Å²) >= 11 is 3.68. The minimum atomic E-state index is 0.347. The van der Waals surface area contributed by atoms with Gasteiger partial charge in [0.1, 0.15) is 13.2 Å². The monoisotopic (exact) mass is 341 g/mol. The van der Waals surface area contributed by atoms with E-state index in [0.29, 0.717) is 25.2 Å². The lowest BCUT2D eigenvalue weighted by atomic mass is 9.96. The molecule has 0 aliphatic carbocycles. The van der Waals surface area contributed by atoms with Gasteiger partial charge in [-0.1, -0.05) is 36.7 Å². The summed E-state index contributed by atoms with van der Waals surface area (Å²) < 4.78 is 12.4. The van der Waals surface area contributed by atoms with Crippen LogP contribution in [0.15, 0.2) is 16.6 Å². The molecule has 1 aromatic carbocycles. The smallest absolute Gasteiger partial charge is 0.162 e. The molecule has 1 aliphatic heterocycles. The minimum absolute atomic E-state index is 0.347. The topological polar surface area (TPSA) is 30.5 Å². The Morgan fingerprint density at radius 3 is 2.45 bits per heavy atom. The number of rotatable bonds is 6. The largest absolute Gasteiger partial charge is 0.486 e. The Hall–Kier alpha value is -0.740. The summed E-state index contributed by atoms with van der Waals surface area (Å²) in [7, 11) is 0. The standard InChI is InChI=1S/C16H24BrNO2/c1-4-5-18-14(8-11(2)3)12-9-15-16(10-13(12)17)20-7-6-19-15/h9-11,14,18H,4-8H2,1-3H3. The molecule has 1 aliphatic rings. The molecule has 1 atom stereocenters. The van der Waals surface area contributed by atoms with E-state index in [9.17, 15) is 0 Å². The van der Waals surface area contributed by atoms with Gasteiger partial charge < -0.3 is 14.8 Å². The fourth-order valence-corrected chi connectivity index (χ4v) is 3.06. The van der Waals surface area contributed by atoms with Crippen LogP contribution in [0.25, 0.3) is 0 Å². The summed E-state index contributed by atoms with van der Waals surface area (Å²) in [5.74, 6) is 2.34. The van der Waals surface area contributed by atoms with E-state index in [4.69, 9.17) is 9.47 Å². The van der Waals surface area contributed by atoms with E-state index in [1.54, 1.807) is 0 Å². The van der Waals surface area contributed by atoms with Crippen LogP contribution in [0.2, 0.25) is 0 Å². The number of fused-ring (bicyclic) bond motifs is 1. The molecular formula is C16H24BrNO2. The van der Waals surface area contributed by atoms with Crippen molar-refractivity contribution in [2.24, 2.45) is 5.92 Å². The van der Waals surface area contributed by atoms with Crippen LogP contribution in [-0.2, 0) is 0 Å². The maximum absolute atomic E-state index is 5.71. The highest BCUT2D eigenvalue weighted by Crippen LogP contribution is 2.39. The SMILES string of the molecule is CCCNC(CC(C)C)c1cc2c(cc1Br)OCCO2. The van der Waals surface area contributed by atoms with Crippen LogP contribution in [0.5, 0.6) is 11.5 Å². The van der Waals surface area contributed by atoms with Gasteiger partial charge in [-0.15, -0.1) is 0 Å². The first-order valence-corrected chi connectivity index (χ1v) is 8.23. The Kier molecular flexibility index (Phi) is 5.73. The van der Waals surface area contributed by atoms with Gasteiger partial charge in [0.15, 0.2) is 11.5 Å². The average Bonchev–Trinajstić information content (AvgIpc) is 2.42. The Morgan fingerprint density at radius 2 is 1.85 bits per heavy atom. The summed E-state index contributed by atoms with van der Waals surface area (Å²) in [6, 6.07) is 4.50. The molecule has 4 heteroatoms. The average molecular weight is 342 g/mol. The summed E-state index contributed by atoms with van der Waals surface area (Å²) in [6.45, 7) is 8.99. The number of halogens is 1. The van der Waals surface area contributed by atoms with Crippen LogP contribution in [0, 0.1) is 5.92 Å². The fraction of sp³-hybridized carbons (Fsp3) is 0.625. The number of ether oxygens (including phenoxy) is 2. The maximum Gasteiger partial charge on any atom is 0.162 e. The molecule has 0 fully saturated rings. The Labute approximate surface area is 130 Å². The normalized spacial score (nSPS) is 15.4. The van der Waals surface area contributed by atoms with Crippen LogP contribution < -0.4 is 14.8 Å². The minimum Gasteiger partial charge on any atom is -0.486 e. The second-order valence-corrected chi connectivity index (χ2v) is 6.51. The zero-order valence-corrected chi connectivity index (χ0v) is 14.1. The Bertz CT molecular complexity index is 448. The van der Waals surface area contributed by atoms with Gasteiger partial charge in [0, 0.05) is 10.5 Å². The zero-order valence-electron chi connectivity index (χ0n) is 12.5. The van der Waals surface area contributed by atoms with Crippen LogP contribution in [0.3, 0.4) is 0 Å². The predicted molar refractivity (Wildman–Crippen MR) is 85.6 cm³/mol. The van der Waals surface area contributed by atoms with Crippen molar-refractivity contribution in [1.29, 1.82) is 0 Å². The molecule has 0 bridgehead atoms. The second kappa shape index (κ2) is 7.32. The van der Waals surface area contributed by atoms with E-state index < -0.39 is 0 Å². The molecule has 0 amide bonds. The Morgan fingerprint density at radius 1 is 1.20 bits per heavy atom. The molecule has 0 saturated heterocycles. The maximum atomic E-state index is 5.71. The van der Waals surface area contributed by atoms with Crippen molar-refractivity contribution in [3.05, 3.63) is 22.2 Å². The first kappa shape index (κ1) is 15.6. The van der Waals surface area contributed by atoms with Crippen molar-refractivity contribution in [2.75, 3.05) is 19.8 Å². The highest BCUT2D eigenvalue weighted by atomic mass is 79.9. The van der Waals surface area contributed by atoms with Gasteiger partial charge in [0.05, 0.1) is 0 Å². The van der Waals surface area contributed by atoms with Crippen molar-refractivity contribution in [3.63, 3.8) is 0 Å². The third-order valence-electron chi connectivity index (χ3n) is 3.38. The van der Waals surface area contributed by atoms with Gasteiger partial charge in [0.2, 0.25) is 0 Å². The summed E-state index contributed by atoms with van der Waals surface area (Å²) in [6.07, 6.45) is 2.25. The first-order chi connectivity index (χ1) is 9.61. The molecular weight excluding hydrogens is 318 g/mol. The van der Waals surface area contributed by atoms with Gasteiger partial charge >= 0.3 is 0 Å². The van der Waals surface area contributed by atoms with Gasteiger partial charge in [0.25, 0.3) is 0 Å². The fourth-order valence-electron chi connectivity index (χ4n) is 2.46. The Balaban J connectivity index is 2.26. The first-order valence-electron chi connectivity index (χ1n) is 7.44. The van der Waals surface area contributed by atoms with Gasteiger partial charge in [-0.25, -0.2) is 0 Å². The molecule has 1 heterocycles. The van der Waals surface area contributed by atoms with E-state index in [1.165, 1.54) is 5.56 Å². The highest BCUT2D eigenvalue weighted by Gasteiger charge is 2.20. The molecule has 1 N–H and O–H groups in total. The van der Waals surface area contributed by atoms with E-state index in [0.717, 1.165) is 35.4 Å². The molecule has 20 heavy (non-hydrogen) atoms. The van der Waals surface area contributed by atoms with E-state index in [-0.39, 0.29) is 0 Å². The van der Waals surface area contributed by atoms with Crippen molar-refractivity contribution in [1.82, 2.24) is 5.32 Å². The lowest BCUT2D eigenvalue weighted by molar-refractivity contribution is 0.171. The summed E-state index contributed by atoms with van der Waals surface area (Å²) in [4.78, 5) is 0. The van der Waals surface area contributed by atoms with E-state index >= 15 is 0 Å². The van der Waals surface area contributed by atoms with Gasteiger partial charge in [-0.2, -0.15) is 0 Å². The second-order valence-electron chi connectivity index (χ2n) is 5.65. The van der Waals surface area contributed by atoms with Crippen molar-refractivity contribution >= 4 is 15.9 Å². The lowest BCUT2D eigenvalue weighted by Gasteiger charge is -2.25.